The molecule has 1 aliphatic rings. The molecule has 282 valence electrons. The van der Waals surface area contributed by atoms with Gasteiger partial charge < -0.3 is 15.4 Å². The second-order valence-corrected chi connectivity index (χ2v) is 17.1. The van der Waals surface area contributed by atoms with Gasteiger partial charge in [0.2, 0.25) is 10.0 Å². The average Bonchev–Trinajstić information content (AvgIpc) is 3.71. The summed E-state index contributed by atoms with van der Waals surface area (Å²) in [6, 6.07) is 9.68. The molecule has 0 aliphatic carbocycles. The molecule has 9 N–H and O–H groups in total. The van der Waals surface area contributed by atoms with Crippen LogP contribution in [0.15, 0.2) is 63.3 Å². The number of nitrogens with zero attached hydrogens (tertiary/aromatic N) is 3. The summed E-state index contributed by atoms with van der Waals surface area (Å²) in [6.45, 7) is 0.203. The molecule has 20 nitrogen and oxygen atoms in total. The molecule has 0 fully saturated rings. The van der Waals surface area contributed by atoms with E-state index in [9.17, 15) is 42.3 Å². The first-order valence-corrected chi connectivity index (χ1v) is 23.6. The predicted octanol–water partition coefficient (Wildman–Crippen LogP) is -1.02. The molecule has 0 bridgehead atoms. The molecule has 23 heteroatoms. The molecule has 2 aromatic carbocycles. The number of benzene rings is 2. The number of fused-ring (bicyclic) bond motifs is 2. The van der Waals surface area contributed by atoms with E-state index in [1.165, 1.54) is 37.2 Å². The maximum atomic E-state index is 12.0. The number of rotatable bonds is 10. The SMILES string of the molecule is COC(CNC(=O)NC(=O)CCC(=O)O)[CH2][Hg][OH].Cn1c(=O)c2[nH]cnc2n(C)c1=O.NS(=O)(=O)c1cc(C2(O)NC(=O)c3ccccc32)ccc1Cl. The molecule has 2 aromatic heterocycles. The zero-order valence-corrected chi connectivity index (χ0v) is 35.5. The Hall–Kier alpha value is -4.51. The summed E-state index contributed by atoms with van der Waals surface area (Å²) < 4.78 is 40.0. The van der Waals surface area contributed by atoms with Crippen molar-refractivity contribution >= 4 is 56.6 Å². The van der Waals surface area contributed by atoms with Crippen molar-refractivity contribution in [1.29, 1.82) is 0 Å². The number of sulfonamides is 1. The van der Waals surface area contributed by atoms with Crippen LogP contribution in [0, 0.1) is 0 Å². The largest absolute Gasteiger partial charge is 0.363 e. The van der Waals surface area contributed by atoms with E-state index in [2.05, 4.69) is 20.6 Å². The summed E-state index contributed by atoms with van der Waals surface area (Å²) in [7, 11) is 0.429. The summed E-state index contributed by atoms with van der Waals surface area (Å²) in [5, 5.41) is 31.1. The fraction of sp³-hybridized carbons (Fsp3) is 0.300. The van der Waals surface area contributed by atoms with Gasteiger partial charge in [-0.15, -0.1) is 0 Å². The minimum Gasteiger partial charge on any atom is -0.363 e. The number of carboxylic acid groups (broad SMARTS) is 1. The first-order chi connectivity index (χ1) is 24.8. The van der Waals surface area contributed by atoms with Gasteiger partial charge in [0.1, 0.15) is 10.4 Å². The van der Waals surface area contributed by atoms with Gasteiger partial charge in [-0.1, -0.05) is 35.9 Å². The molecule has 5 rings (SSSR count). The third-order valence-corrected chi connectivity index (χ3v) is 12.5. The van der Waals surface area contributed by atoms with Gasteiger partial charge in [0.25, 0.3) is 11.5 Å². The first-order valence-electron chi connectivity index (χ1n) is 15.3. The number of aliphatic hydroxyl groups is 1. The van der Waals surface area contributed by atoms with Gasteiger partial charge in [0.15, 0.2) is 11.4 Å². The van der Waals surface area contributed by atoms with Gasteiger partial charge in [0, 0.05) is 30.8 Å². The monoisotopic (exact) mass is 968 g/mol. The summed E-state index contributed by atoms with van der Waals surface area (Å²) in [6.07, 6.45) is 0.589. The van der Waals surface area contributed by atoms with Crippen molar-refractivity contribution in [1.82, 2.24) is 35.1 Å². The second kappa shape index (κ2) is 18.5. The number of carbonyl (C=O) groups excluding carboxylic acids is 3. The summed E-state index contributed by atoms with van der Waals surface area (Å²) in [5.74, 6) is -2.20. The maximum Gasteiger partial charge on any atom is 0.332 e. The van der Waals surface area contributed by atoms with Gasteiger partial charge in [-0.05, 0) is 18.2 Å². The number of nitrogens with one attached hydrogen (secondary N) is 4. The molecule has 4 aromatic rings. The van der Waals surface area contributed by atoms with Crippen LogP contribution >= 0.6 is 11.6 Å². The number of methoxy groups -OCH3 is 1. The van der Waals surface area contributed by atoms with Crippen molar-refractivity contribution in [2.75, 3.05) is 13.7 Å². The zero-order valence-electron chi connectivity index (χ0n) is 28.5. The van der Waals surface area contributed by atoms with Gasteiger partial charge in [-0.25, -0.2) is 23.3 Å². The van der Waals surface area contributed by atoms with Gasteiger partial charge >= 0.3 is 123 Å². The third-order valence-electron chi connectivity index (χ3n) is 7.63. The van der Waals surface area contributed by atoms with E-state index in [0.717, 1.165) is 10.6 Å². The Morgan fingerprint density at radius 3 is 2.42 bits per heavy atom. The molecule has 0 saturated carbocycles. The molecular weight excluding hydrogens is 932 g/mol. The smallest absolute Gasteiger partial charge is 0.332 e. The molecular formula is C30H35ClHgN8O12S. The number of hydrogen-bond acceptors (Lipinski definition) is 12. The summed E-state index contributed by atoms with van der Waals surface area (Å²) in [4.78, 5) is 73.6. The van der Waals surface area contributed by atoms with Gasteiger partial charge in [-0.2, -0.15) is 0 Å². The van der Waals surface area contributed by atoms with Crippen LogP contribution in [0.4, 0.5) is 4.79 Å². The standard InChI is InChI=1S/C14H11ClN2O4S.C9H15N2O5.C7H8N4O2.Hg.H2O/c15-11-6-5-8(7-12(11)22(16,20)21)14(19)10-4-2-1-3-9(10)13(18)17-14;1-6(16-2)5-10-9(15)11-7(12)3-4-8(13)14;1-10-5-4(8-3-9-5)6(12)11(2)7(10)13;;/h1-7,19H,(H,17,18)(H2,16,20,21);6H,1,3-5H2,2H3,(H,13,14)(H2,10,11,12,15);3H,1-2H3,(H,8,9);;1H2/q;;;+1;/p-1. The summed E-state index contributed by atoms with van der Waals surface area (Å²) >= 11 is 4.02. The number of aliphatic carboxylic acids is 1. The molecule has 0 radical (unpaired) electrons. The Labute approximate surface area is 318 Å². The van der Waals surface area contributed by atoms with E-state index >= 15 is 0 Å². The van der Waals surface area contributed by atoms with Crippen molar-refractivity contribution in [2.45, 2.75) is 33.5 Å². The average molecular weight is 968 g/mol. The number of carboxylic acids is 1. The number of hydrogen-bond donors (Lipinski definition) is 8. The Balaban J connectivity index is 0.000000221. The van der Waals surface area contributed by atoms with Crippen molar-refractivity contribution in [3.63, 3.8) is 0 Å². The van der Waals surface area contributed by atoms with Crippen molar-refractivity contribution in [3.8, 4) is 0 Å². The van der Waals surface area contributed by atoms with Crippen molar-refractivity contribution in [3.05, 3.63) is 91.3 Å². The number of aryl methyl sites for hydroxylation is 1. The molecule has 0 spiro atoms. The number of H-pyrrole nitrogens is 1. The number of halogens is 1. The molecule has 53 heavy (non-hydrogen) atoms. The minimum atomic E-state index is -4.06. The number of imide groups is 1. The topological polar surface area (TPSA) is 307 Å². The maximum absolute atomic E-state index is 12.0. The fourth-order valence-corrected chi connectivity index (χ4v) is 8.75. The molecule has 2 atom stereocenters. The fourth-order valence-electron chi connectivity index (χ4n) is 4.85. The Kier molecular flexibility index (Phi) is 15.0. The van der Waals surface area contributed by atoms with Crippen LogP contribution in [-0.4, -0.2) is 84.3 Å². The Bertz CT molecular complexity index is 2240. The number of aromatic amines is 1. The predicted molar refractivity (Wildman–Crippen MR) is 183 cm³/mol. The molecule has 4 amide bonds. The van der Waals surface area contributed by atoms with E-state index in [4.69, 9.17) is 29.6 Å². The first kappa shape index (κ1) is 42.9. The molecule has 1 aliphatic heterocycles. The second-order valence-electron chi connectivity index (χ2n) is 11.2. The van der Waals surface area contributed by atoms with Gasteiger partial charge in [-0.3, -0.25) is 18.7 Å². The van der Waals surface area contributed by atoms with Crippen LogP contribution in [0.5, 0.6) is 0 Å². The number of amides is 4. The Morgan fingerprint density at radius 1 is 1.11 bits per heavy atom. The van der Waals surface area contributed by atoms with E-state index in [1.54, 1.807) is 31.3 Å². The number of carbonyl (C=O) groups is 4. The molecule has 3 heterocycles. The third kappa shape index (κ3) is 10.8. The Morgan fingerprint density at radius 2 is 1.79 bits per heavy atom. The van der Waals surface area contributed by atoms with Gasteiger partial charge in [0.05, 0.1) is 11.3 Å². The number of aromatic nitrogens is 4. The van der Waals surface area contributed by atoms with Crippen LogP contribution in [0.2, 0.25) is 8.95 Å². The van der Waals surface area contributed by atoms with Crippen LogP contribution in [0.25, 0.3) is 11.2 Å². The van der Waals surface area contributed by atoms with Crippen LogP contribution in [0.3, 0.4) is 0 Å². The molecule has 2 unspecified atom stereocenters. The number of primary sulfonamides is 1. The van der Waals surface area contributed by atoms with Crippen LogP contribution < -0.4 is 32.3 Å². The number of imidazole rings is 1. The van der Waals surface area contributed by atoms with Crippen LogP contribution in [-0.2, 0) is 69.2 Å². The number of urea groups is 1. The van der Waals surface area contributed by atoms with E-state index in [0.29, 0.717) is 26.2 Å². The zero-order chi connectivity index (χ0) is 39.7. The normalized spacial score (nSPS) is 15.0. The minimum absolute atomic E-state index is 0.0625. The van der Waals surface area contributed by atoms with E-state index in [-0.39, 0.29) is 52.2 Å². The number of ether oxygens (including phenoxy) is 1. The van der Waals surface area contributed by atoms with Crippen molar-refractivity contribution < 1.29 is 70.6 Å². The quantitative estimate of drug-likeness (QED) is 0.0885. The molecule has 0 saturated heterocycles. The van der Waals surface area contributed by atoms with Crippen molar-refractivity contribution in [2.24, 2.45) is 19.2 Å². The van der Waals surface area contributed by atoms with E-state index in [1.807, 2.05) is 5.32 Å². The summed E-state index contributed by atoms with van der Waals surface area (Å²) in [5.41, 5.74) is -1.02. The van der Waals surface area contributed by atoms with E-state index < -0.39 is 64.6 Å². The van der Waals surface area contributed by atoms with Crippen LogP contribution in [0.1, 0.15) is 34.3 Å². The number of nitrogens with two attached hydrogens (primary N) is 1.